The van der Waals surface area contributed by atoms with Crippen molar-refractivity contribution in [2.45, 2.75) is 58.8 Å². The van der Waals surface area contributed by atoms with Crippen molar-refractivity contribution in [3.8, 4) is 0 Å². The van der Waals surface area contributed by atoms with Crippen LogP contribution in [0.15, 0.2) is 0 Å². The molecule has 0 unspecified atom stereocenters. The highest BCUT2D eigenvalue weighted by Gasteiger charge is 2.30. The average Bonchev–Trinajstić information content (AvgIpc) is 2.47. The molecule has 1 N–H and O–H groups in total. The Balaban J connectivity index is 0.00000200. The van der Waals surface area contributed by atoms with E-state index in [0.717, 1.165) is 44.9 Å². The lowest BCUT2D eigenvalue weighted by molar-refractivity contribution is -0.133. The number of amides is 1. The molecule has 0 radical (unpaired) electrons. The van der Waals surface area contributed by atoms with Crippen molar-refractivity contribution >= 4 is 18.3 Å². The van der Waals surface area contributed by atoms with Crippen LogP contribution in [-0.4, -0.2) is 37.0 Å². The van der Waals surface area contributed by atoms with Gasteiger partial charge in [0.25, 0.3) is 0 Å². The smallest absolute Gasteiger partial charge is 0.222 e. The molecule has 0 atom stereocenters. The normalized spacial score (nSPS) is 23.2. The summed E-state index contributed by atoms with van der Waals surface area (Å²) in [6, 6.07) is 0. The van der Waals surface area contributed by atoms with Gasteiger partial charge in [0, 0.05) is 19.5 Å². The highest BCUT2D eigenvalue weighted by Crippen LogP contribution is 2.34. The zero-order valence-corrected chi connectivity index (χ0v) is 13.9. The van der Waals surface area contributed by atoms with Gasteiger partial charge >= 0.3 is 0 Å². The summed E-state index contributed by atoms with van der Waals surface area (Å²) in [5, 5.41) is 3.39. The third-order valence-corrected chi connectivity index (χ3v) is 5.40. The molecule has 4 heteroatoms. The van der Waals surface area contributed by atoms with Gasteiger partial charge in [0.1, 0.15) is 0 Å². The summed E-state index contributed by atoms with van der Waals surface area (Å²) < 4.78 is 0. The van der Waals surface area contributed by atoms with E-state index in [1.54, 1.807) is 0 Å². The fraction of sp³-hybridized carbons (Fsp3) is 0.938. The Kier molecular flexibility index (Phi) is 7.32. The van der Waals surface area contributed by atoms with E-state index in [9.17, 15) is 4.79 Å². The van der Waals surface area contributed by atoms with Crippen molar-refractivity contribution < 1.29 is 4.79 Å². The molecule has 0 aromatic carbocycles. The first-order valence-corrected chi connectivity index (χ1v) is 8.11. The molecule has 118 valence electrons. The van der Waals surface area contributed by atoms with Gasteiger partial charge in [-0.15, -0.1) is 12.4 Å². The second-order valence-corrected chi connectivity index (χ2v) is 6.78. The Morgan fingerprint density at radius 1 is 1.25 bits per heavy atom. The third kappa shape index (κ3) is 4.92. The van der Waals surface area contributed by atoms with Crippen LogP contribution in [0.3, 0.4) is 0 Å². The molecule has 3 nitrogen and oxygen atoms in total. The van der Waals surface area contributed by atoms with Crippen LogP contribution in [0.1, 0.15) is 58.8 Å². The van der Waals surface area contributed by atoms with Crippen LogP contribution in [0, 0.1) is 11.3 Å². The molecule has 1 amide bonds. The van der Waals surface area contributed by atoms with E-state index < -0.39 is 0 Å². The number of carbonyl (C=O) groups excluding carboxylic acids is 1. The number of piperidine rings is 2. The number of halogens is 1. The number of nitrogens with zero attached hydrogens (tertiary/aromatic N) is 1. The Hall–Kier alpha value is -0.280. The summed E-state index contributed by atoms with van der Waals surface area (Å²) in [7, 11) is 0. The molecule has 0 aliphatic carbocycles. The van der Waals surface area contributed by atoms with E-state index in [2.05, 4.69) is 24.1 Å². The Morgan fingerprint density at radius 2 is 1.85 bits per heavy atom. The second-order valence-electron chi connectivity index (χ2n) is 6.78. The fourth-order valence-electron chi connectivity index (χ4n) is 3.31. The Labute approximate surface area is 130 Å². The fourth-order valence-corrected chi connectivity index (χ4v) is 3.31. The molecule has 0 aromatic rings. The number of likely N-dealkylation sites (tertiary alicyclic amines) is 1. The van der Waals surface area contributed by atoms with Gasteiger partial charge in [0.15, 0.2) is 0 Å². The standard InChI is InChI=1S/C16H30N2O.ClH/c1-3-16(2)8-12-18(13-9-16)15(19)5-4-14-6-10-17-11-7-14;/h14,17H,3-13H2,1-2H3;1H. The Bertz CT molecular complexity index is 295. The molecule has 20 heavy (non-hydrogen) atoms. The van der Waals surface area contributed by atoms with E-state index in [4.69, 9.17) is 0 Å². The Morgan fingerprint density at radius 3 is 2.40 bits per heavy atom. The summed E-state index contributed by atoms with van der Waals surface area (Å²) in [4.78, 5) is 14.4. The maximum Gasteiger partial charge on any atom is 0.222 e. The quantitative estimate of drug-likeness (QED) is 0.865. The topological polar surface area (TPSA) is 32.3 Å². The van der Waals surface area contributed by atoms with Crippen molar-refractivity contribution in [3.05, 3.63) is 0 Å². The SMILES string of the molecule is CCC1(C)CCN(C(=O)CCC2CCNCC2)CC1.Cl. The molecule has 2 fully saturated rings. The van der Waals surface area contributed by atoms with Gasteiger partial charge < -0.3 is 10.2 Å². The van der Waals surface area contributed by atoms with E-state index in [-0.39, 0.29) is 12.4 Å². The molecule has 2 rings (SSSR count). The second kappa shape index (κ2) is 8.23. The highest BCUT2D eigenvalue weighted by molar-refractivity contribution is 5.85. The van der Waals surface area contributed by atoms with Gasteiger partial charge in [0.05, 0.1) is 0 Å². The summed E-state index contributed by atoms with van der Waals surface area (Å²) >= 11 is 0. The average molecular weight is 303 g/mol. The maximum absolute atomic E-state index is 12.3. The minimum atomic E-state index is 0. The molecule has 2 heterocycles. The van der Waals surface area contributed by atoms with Gasteiger partial charge in [-0.3, -0.25) is 4.79 Å². The molecule has 0 saturated carbocycles. The van der Waals surface area contributed by atoms with Gasteiger partial charge in [0.2, 0.25) is 5.91 Å². The van der Waals surface area contributed by atoms with Crippen molar-refractivity contribution in [2.24, 2.45) is 11.3 Å². The number of rotatable bonds is 4. The van der Waals surface area contributed by atoms with Crippen molar-refractivity contribution in [1.82, 2.24) is 10.2 Å². The predicted octanol–water partition coefficient (Wildman–Crippen LogP) is 3.23. The highest BCUT2D eigenvalue weighted by atomic mass is 35.5. The van der Waals surface area contributed by atoms with Gasteiger partial charge in [-0.1, -0.05) is 20.3 Å². The van der Waals surface area contributed by atoms with Crippen LogP contribution < -0.4 is 5.32 Å². The molecule has 0 aromatic heterocycles. The van der Waals surface area contributed by atoms with Gasteiger partial charge in [-0.25, -0.2) is 0 Å². The van der Waals surface area contributed by atoms with Crippen LogP contribution in [-0.2, 0) is 4.79 Å². The molecule has 0 bridgehead atoms. The zero-order valence-electron chi connectivity index (χ0n) is 13.1. The first kappa shape index (κ1) is 17.8. The van der Waals surface area contributed by atoms with Gasteiger partial charge in [-0.05, 0) is 56.5 Å². The van der Waals surface area contributed by atoms with Crippen molar-refractivity contribution in [1.29, 1.82) is 0 Å². The summed E-state index contributed by atoms with van der Waals surface area (Å²) in [6.07, 6.45) is 7.98. The molecule has 2 aliphatic heterocycles. The van der Waals surface area contributed by atoms with Crippen LogP contribution in [0.25, 0.3) is 0 Å². The first-order valence-electron chi connectivity index (χ1n) is 8.11. The minimum Gasteiger partial charge on any atom is -0.343 e. The van der Waals surface area contributed by atoms with E-state index in [0.29, 0.717) is 11.3 Å². The van der Waals surface area contributed by atoms with E-state index in [1.165, 1.54) is 32.1 Å². The summed E-state index contributed by atoms with van der Waals surface area (Å²) in [5.74, 6) is 1.17. The van der Waals surface area contributed by atoms with Crippen LogP contribution in [0.4, 0.5) is 0 Å². The molecule has 0 spiro atoms. The maximum atomic E-state index is 12.3. The lowest BCUT2D eigenvalue weighted by Gasteiger charge is -2.39. The van der Waals surface area contributed by atoms with E-state index >= 15 is 0 Å². The third-order valence-electron chi connectivity index (χ3n) is 5.40. The van der Waals surface area contributed by atoms with E-state index in [1.807, 2.05) is 0 Å². The molecular weight excluding hydrogens is 272 g/mol. The zero-order chi connectivity index (χ0) is 13.7. The minimum absolute atomic E-state index is 0. The van der Waals surface area contributed by atoms with Crippen LogP contribution in [0.2, 0.25) is 0 Å². The molecule has 2 aliphatic rings. The van der Waals surface area contributed by atoms with Crippen molar-refractivity contribution in [3.63, 3.8) is 0 Å². The number of nitrogens with one attached hydrogen (secondary N) is 1. The lowest BCUT2D eigenvalue weighted by Crippen LogP contribution is -2.42. The van der Waals surface area contributed by atoms with Gasteiger partial charge in [-0.2, -0.15) is 0 Å². The van der Waals surface area contributed by atoms with Crippen LogP contribution in [0.5, 0.6) is 0 Å². The predicted molar refractivity (Wildman–Crippen MR) is 86.3 cm³/mol. The number of hydrogen-bond donors (Lipinski definition) is 1. The largest absolute Gasteiger partial charge is 0.343 e. The number of hydrogen-bond acceptors (Lipinski definition) is 2. The monoisotopic (exact) mass is 302 g/mol. The molecule has 2 saturated heterocycles. The van der Waals surface area contributed by atoms with Crippen LogP contribution >= 0.6 is 12.4 Å². The first-order chi connectivity index (χ1) is 9.13. The summed E-state index contributed by atoms with van der Waals surface area (Å²) in [6.45, 7) is 8.87. The summed E-state index contributed by atoms with van der Waals surface area (Å²) in [5.41, 5.74) is 0.478. The molecular formula is C16H31ClN2O. The lowest BCUT2D eigenvalue weighted by atomic mass is 9.78. The van der Waals surface area contributed by atoms with Crippen molar-refractivity contribution in [2.75, 3.05) is 26.2 Å². The number of carbonyl (C=O) groups is 1.